The fourth-order valence-electron chi connectivity index (χ4n) is 4.97. The standard InChI is InChI=1S/C25H26ClN3O5.C9H8O2/c1-2-34-24(32)25(29-11-13-33-14-12-29,28-23(31)17-7-9-19(26)10-8-17)16-18-15-22(30)27-21-6-4-3-5-20(18)21;10-9(11)7-6-8-4-2-1-3-5-8/h3-10,15H,2,11-14,16H2,1H3,(H,27,30)(H,28,31);1-7H,(H,10,11). The summed E-state index contributed by atoms with van der Waals surface area (Å²) in [7, 11) is 0. The lowest BCUT2D eigenvalue weighted by Gasteiger charge is -2.44. The van der Waals surface area contributed by atoms with Crippen LogP contribution in [0.5, 0.6) is 0 Å². The molecule has 0 aliphatic carbocycles. The molecule has 5 rings (SSSR count). The van der Waals surface area contributed by atoms with Gasteiger partial charge in [0.25, 0.3) is 5.91 Å². The van der Waals surface area contributed by atoms with Gasteiger partial charge >= 0.3 is 11.9 Å². The Morgan fingerprint density at radius 1 is 1.02 bits per heavy atom. The van der Waals surface area contributed by atoms with E-state index in [4.69, 9.17) is 26.2 Å². The highest BCUT2D eigenvalue weighted by molar-refractivity contribution is 6.30. The lowest BCUT2D eigenvalue weighted by atomic mass is 9.93. The third-order valence-electron chi connectivity index (χ3n) is 7.09. The van der Waals surface area contributed by atoms with E-state index in [1.165, 1.54) is 6.07 Å². The number of carbonyl (C=O) groups is 3. The van der Waals surface area contributed by atoms with Gasteiger partial charge < -0.3 is 24.9 Å². The van der Waals surface area contributed by atoms with Gasteiger partial charge in [0.15, 0.2) is 5.66 Å². The number of benzene rings is 3. The number of aromatic nitrogens is 1. The van der Waals surface area contributed by atoms with Gasteiger partial charge in [-0.3, -0.25) is 14.5 Å². The maximum absolute atomic E-state index is 13.6. The number of hydrogen-bond acceptors (Lipinski definition) is 7. The SMILES string of the molecule is CCOC(=O)C(Cc1cc(=O)[nH]c2ccccc12)(NC(=O)c1ccc(Cl)cc1)N1CCOCC1.O=C(O)C=Cc1ccccc1. The highest BCUT2D eigenvalue weighted by Crippen LogP contribution is 2.26. The van der Waals surface area contributed by atoms with Crippen LogP contribution in [0.4, 0.5) is 0 Å². The highest BCUT2D eigenvalue weighted by Gasteiger charge is 2.48. The van der Waals surface area contributed by atoms with Crippen LogP contribution in [-0.2, 0) is 25.5 Å². The molecule has 1 fully saturated rings. The predicted octanol–water partition coefficient (Wildman–Crippen LogP) is 4.53. The molecule has 3 aromatic carbocycles. The van der Waals surface area contributed by atoms with E-state index in [0.717, 1.165) is 17.0 Å². The summed E-state index contributed by atoms with van der Waals surface area (Å²) in [5.74, 6) is -1.97. The molecule has 0 bridgehead atoms. The Hall–Kier alpha value is -4.77. The van der Waals surface area contributed by atoms with Crippen molar-refractivity contribution in [2.45, 2.75) is 19.0 Å². The molecule has 0 saturated carbocycles. The number of halogens is 1. The maximum atomic E-state index is 13.6. The summed E-state index contributed by atoms with van der Waals surface area (Å²) >= 11 is 5.98. The van der Waals surface area contributed by atoms with Crippen molar-refractivity contribution in [2.24, 2.45) is 0 Å². The van der Waals surface area contributed by atoms with Crippen molar-refractivity contribution in [2.75, 3.05) is 32.9 Å². The zero-order chi connectivity index (χ0) is 32.2. The zero-order valence-electron chi connectivity index (χ0n) is 24.7. The number of para-hydroxylation sites is 1. The molecule has 1 aromatic heterocycles. The molecule has 0 radical (unpaired) electrons. The van der Waals surface area contributed by atoms with E-state index >= 15 is 0 Å². The van der Waals surface area contributed by atoms with Crippen LogP contribution in [0.3, 0.4) is 0 Å². The second-order valence-corrected chi connectivity index (χ2v) is 10.5. The average molecular weight is 632 g/mol. The van der Waals surface area contributed by atoms with Gasteiger partial charge in [0.05, 0.1) is 19.8 Å². The van der Waals surface area contributed by atoms with E-state index in [0.29, 0.717) is 48.0 Å². The number of aromatic amines is 1. The quantitative estimate of drug-likeness (QED) is 0.181. The van der Waals surface area contributed by atoms with E-state index in [9.17, 15) is 19.2 Å². The number of rotatable bonds is 9. The van der Waals surface area contributed by atoms with Gasteiger partial charge in [-0.2, -0.15) is 0 Å². The van der Waals surface area contributed by atoms with Gasteiger partial charge in [-0.1, -0.05) is 60.1 Å². The first-order valence-electron chi connectivity index (χ1n) is 14.4. The molecule has 1 aliphatic rings. The molecule has 4 aromatic rings. The number of ether oxygens (including phenoxy) is 2. The van der Waals surface area contributed by atoms with Crippen LogP contribution >= 0.6 is 11.6 Å². The Bertz CT molecular complexity index is 1700. The molecule has 1 saturated heterocycles. The van der Waals surface area contributed by atoms with Gasteiger partial charge in [0.2, 0.25) is 5.56 Å². The largest absolute Gasteiger partial charge is 0.478 e. The number of esters is 1. The lowest BCUT2D eigenvalue weighted by Crippen LogP contribution is -2.69. The summed E-state index contributed by atoms with van der Waals surface area (Å²) in [6.45, 7) is 3.45. The third kappa shape index (κ3) is 8.89. The summed E-state index contributed by atoms with van der Waals surface area (Å²) in [6.07, 6.45) is 2.72. The minimum atomic E-state index is -1.55. The summed E-state index contributed by atoms with van der Waals surface area (Å²) in [5, 5.41) is 12.5. The number of H-pyrrole nitrogens is 1. The number of carboxylic acid groups (broad SMARTS) is 1. The van der Waals surface area contributed by atoms with Crippen molar-refractivity contribution >= 4 is 46.4 Å². The van der Waals surface area contributed by atoms with Gasteiger partial charge in [-0.05, 0) is 54.5 Å². The first-order chi connectivity index (χ1) is 21.7. The second kappa shape index (κ2) is 15.8. The van der Waals surface area contributed by atoms with Gasteiger partial charge in [-0.25, -0.2) is 9.59 Å². The fraction of sp³-hybridized carbons (Fsp3) is 0.235. The summed E-state index contributed by atoms with van der Waals surface area (Å²) in [4.78, 5) is 54.1. The van der Waals surface area contributed by atoms with Gasteiger partial charge in [-0.15, -0.1) is 0 Å². The number of pyridine rings is 1. The first-order valence-corrected chi connectivity index (χ1v) is 14.7. The van der Waals surface area contributed by atoms with Crippen LogP contribution in [0, 0.1) is 0 Å². The molecule has 11 heteroatoms. The number of carboxylic acids is 1. The number of nitrogens with one attached hydrogen (secondary N) is 2. The topological polar surface area (TPSA) is 138 Å². The normalized spacial score (nSPS) is 14.6. The minimum Gasteiger partial charge on any atom is -0.478 e. The molecular formula is C34H34ClN3O7. The highest BCUT2D eigenvalue weighted by atomic mass is 35.5. The molecule has 234 valence electrons. The number of hydrogen-bond donors (Lipinski definition) is 3. The minimum absolute atomic E-state index is 0.0373. The van der Waals surface area contributed by atoms with Crippen molar-refractivity contribution in [3.63, 3.8) is 0 Å². The second-order valence-electron chi connectivity index (χ2n) is 10.1. The van der Waals surface area contributed by atoms with Crippen LogP contribution < -0.4 is 10.9 Å². The smallest absolute Gasteiger partial charge is 0.347 e. The molecule has 10 nitrogen and oxygen atoms in total. The van der Waals surface area contributed by atoms with Crippen LogP contribution in [0.25, 0.3) is 17.0 Å². The molecule has 3 N–H and O–H groups in total. The summed E-state index contributed by atoms with van der Waals surface area (Å²) < 4.78 is 11.0. The Kier molecular flexibility index (Phi) is 11.6. The third-order valence-corrected chi connectivity index (χ3v) is 7.34. The van der Waals surface area contributed by atoms with Crippen molar-refractivity contribution in [1.82, 2.24) is 15.2 Å². The molecular weight excluding hydrogens is 598 g/mol. The van der Waals surface area contributed by atoms with E-state index in [-0.39, 0.29) is 18.6 Å². The van der Waals surface area contributed by atoms with E-state index in [1.54, 1.807) is 43.3 Å². The van der Waals surface area contributed by atoms with Crippen LogP contribution in [0.1, 0.15) is 28.4 Å². The number of carbonyl (C=O) groups excluding carboxylic acids is 2. The van der Waals surface area contributed by atoms with Crippen LogP contribution in [-0.4, -0.2) is 71.4 Å². The first kappa shape index (κ1) is 33.1. The molecule has 1 amide bonds. The predicted molar refractivity (Wildman–Crippen MR) is 172 cm³/mol. The summed E-state index contributed by atoms with van der Waals surface area (Å²) in [5.41, 5.74) is 0.672. The fourth-order valence-corrected chi connectivity index (χ4v) is 5.10. The summed E-state index contributed by atoms with van der Waals surface area (Å²) in [6, 6.07) is 24.5. The number of aliphatic carboxylic acids is 1. The van der Waals surface area contributed by atoms with E-state index in [2.05, 4.69) is 10.3 Å². The monoisotopic (exact) mass is 631 g/mol. The maximum Gasteiger partial charge on any atom is 0.347 e. The Labute approximate surface area is 265 Å². The van der Waals surface area contributed by atoms with Gasteiger partial charge in [0.1, 0.15) is 0 Å². The number of amides is 1. The molecule has 1 atom stereocenters. The van der Waals surface area contributed by atoms with Crippen molar-refractivity contribution in [3.8, 4) is 0 Å². The van der Waals surface area contributed by atoms with Crippen molar-refractivity contribution in [3.05, 3.63) is 123 Å². The molecule has 0 spiro atoms. The lowest BCUT2D eigenvalue weighted by molar-refractivity contribution is -0.163. The number of nitrogens with zero attached hydrogens (tertiary/aromatic N) is 1. The molecule has 1 unspecified atom stereocenters. The number of fused-ring (bicyclic) bond motifs is 1. The number of morpholine rings is 1. The Morgan fingerprint density at radius 2 is 1.69 bits per heavy atom. The zero-order valence-corrected chi connectivity index (χ0v) is 25.5. The molecule has 2 heterocycles. The van der Waals surface area contributed by atoms with E-state index < -0.39 is 23.5 Å². The molecule has 1 aliphatic heterocycles. The van der Waals surface area contributed by atoms with Gasteiger partial charge in [0, 0.05) is 53.1 Å². The van der Waals surface area contributed by atoms with Crippen molar-refractivity contribution < 1.29 is 29.0 Å². The van der Waals surface area contributed by atoms with E-state index in [1.807, 2.05) is 53.4 Å². The Balaban J connectivity index is 0.000000354. The Morgan fingerprint density at radius 3 is 2.36 bits per heavy atom. The van der Waals surface area contributed by atoms with Crippen molar-refractivity contribution in [1.29, 1.82) is 0 Å². The average Bonchev–Trinajstić information content (AvgIpc) is 3.05. The van der Waals surface area contributed by atoms with Crippen LogP contribution in [0.2, 0.25) is 5.02 Å². The van der Waals surface area contributed by atoms with Crippen LogP contribution in [0.15, 0.2) is 95.8 Å². The molecule has 45 heavy (non-hydrogen) atoms.